The van der Waals surface area contributed by atoms with E-state index >= 15 is 0 Å². The predicted molar refractivity (Wildman–Crippen MR) is 159 cm³/mol. The number of halogens is 1. The molecule has 14 heteroatoms. The highest BCUT2D eigenvalue weighted by molar-refractivity contribution is 7.16. The number of rotatable bonds is 6. The average molecular weight is 609 g/mol. The van der Waals surface area contributed by atoms with Gasteiger partial charge in [0.1, 0.15) is 23.8 Å². The summed E-state index contributed by atoms with van der Waals surface area (Å²) in [5.74, 6) is 1.33. The van der Waals surface area contributed by atoms with E-state index in [0.717, 1.165) is 55.6 Å². The molecular formula is C29H37FN10O2S. The zero-order valence-electron chi connectivity index (χ0n) is 24.8. The number of nitrogens with two attached hydrogens (primary N) is 1. The molecule has 3 fully saturated rings. The van der Waals surface area contributed by atoms with Gasteiger partial charge >= 0.3 is 6.01 Å². The van der Waals surface area contributed by atoms with E-state index in [2.05, 4.69) is 45.2 Å². The van der Waals surface area contributed by atoms with Gasteiger partial charge < -0.3 is 25.2 Å². The number of nitrogen functional groups attached to an aromatic ring is 1. The van der Waals surface area contributed by atoms with Crippen LogP contribution >= 0.6 is 11.3 Å². The highest BCUT2D eigenvalue weighted by atomic mass is 32.1. The summed E-state index contributed by atoms with van der Waals surface area (Å²) in [6.07, 6.45) is 4.03. The van der Waals surface area contributed by atoms with Crippen LogP contribution in [-0.4, -0.2) is 86.6 Å². The third-order valence-electron chi connectivity index (χ3n) is 9.54. The molecule has 0 spiro atoms. The Bertz CT molecular complexity index is 1590. The van der Waals surface area contributed by atoms with E-state index in [1.165, 1.54) is 11.3 Å². The molecule has 3 atom stereocenters. The number of anilines is 2. The summed E-state index contributed by atoms with van der Waals surface area (Å²) in [6.45, 7) is 10.1. The van der Waals surface area contributed by atoms with E-state index in [9.17, 15) is 9.65 Å². The van der Waals surface area contributed by atoms with Crippen molar-refractivity contribution >= 4 is 22.3 Å². The Morgan fingerprint density at radius 3 is 2.84 bits per heavy atom. The summed E-state index contributed by atoms with van der Waals surface area (Å²) < 4.78 is 26.5. The van der Waals surface area contributed by atoms with Gasteiger partial charge in [0.05, 0.1) is 16.5 Å². The second-order valence-electron chi connectivity index (χ2n) is 13.2. The second kappa shape index (κ2) is 10.3. The molecule has 1 aliphatic carbocycles. The number of alkyl halides is 1. The van der Waals surface area contributed by atoms with Crippen molar-refractivity contribution in [3.8, 4) is 23.7 Å². The SMILES string of the molecule is CC1(C)CN(c2nc(OC[C@@]34CCCN3C[C@H](F)C4)nc(-c3noc([C@@]4(C)CCCc5sc(N)c(C#N)c54)n3)n2)CCN1. The molecule has 0 radical (unpaired) electrons. The van der Waals surface area contributed by atoms with Crippen molar-refractivity contribution in [2.45, 2.75) is 82.0 Å². The number of aromatic nitrogens is 5. The number of nitriles is 1. The zero-order chi connectivity index (χ0) is 30.0. The largest absolute Gasteiger partial charge is 0.461 e. The first-order valence-corrected chi connectivity index (χ1v) is 15.9. The number of hydrogen-bond donors (Lipinski definition) is 2. The lowest BCUT2D eigenvalue weighted by Crippen LogP contribution is -2.57. The van der Waals surface area contributed by atoms with Crippen LogP contribution in [0.3, 0.4) is 0 Å². The first-order valence-electron chi connectivity index (χ1n) is 15.0. The first kappa shape index (κ1) is 28.4. The van der Waals surface area contributed by atoms with E-state index in [1.54, 1.807) is 0 Å². The first-order chi connectivity index (χ1) is 20.6. The number of aryl methyl sites for hydroxylation is 1. The molecule has 3 aliphatic heterocycles. The Hall–Kier alpha value is -3.41. The maximum Gasteiger partial charge on any atom is 0.321 e. The van der Waals surface area contributed by atoms with Gasteiger partial charge in [-0.05, 0) is 59.4 Å². The Labute approximate surface area is 253 Å². The minimum atomic E-state index is -0.851. The summed E-state index contributed by atoms with van der Waals surface area (Å²) >= 11 is 1.46. The molecule has 0 aromatic carbocycles. The van der Waals surface area contributed by atoms with Gasteiger partial charge in [-0.15, -0.1) is 11.3 Å². The van der Waals surface area contributed by atoms with Gasteiger partial charge in [0, 0.05) is 48.6 Å². The molecule has 6 heterocycles. The van der Waals surface area contributed by atoms with Crippen molar-refractivity contribution in [1.29, 1.82) is 5.26 Å². The highest BCUT2D eigenvalue weighted by Gasteiger charge is 2.49. The monoisotopic (exact) mass is 608 g/mol. The van der Waals surface area contributed by atoms with Gasteiger partial charge in [-0.1, -0.05) is 5.16 Å². The van der Waals surface area contributed by atoms with E-state index in [1.807, 2.05) is 6.92 Å². The third-order valence-corrected chi connectivity index (χ3v) is 10.6. The molecule has 12 nitrogen and oxygen atoms in total. The van der Waals surface area contributed by atoms with Gasteiger partial charge in [-0.25, -0.2) is 4.39 Å². The van der Waals surface area contributed by atoms with Crippen LogP contribution in [0.1, 0.15) is 74.8 Å². The van der Waals surface area contributed by atoms with Crippen LogP contribution in [0, 0.1) is 11.3 Å². The molecule has 0 saturated carbocycles. The summed E-state index contributed by atoms with van der Waals surface area (Å²) in [4.78, 5) is 24.3. The molecule has 0 bridgehead atoms. The molecule has 3 aromatic heterocycles. The topological polar surface area (TPSA) is 155 Å². The fourth-order valence-electron chi connectivity index (χ4n) is 7.46. The van der Waals surface area contributed by atoms with E-state index < -0.39 is 11.6 Å². The Kier molecular flexibility index (Phi) is 6.83. The lowest BCUT2D eigenvalue weighted by molar-refractivity contribution is 0.107. The molecule has 4 aliphatic rings. The van der Waals surface area contributed by atoms with Crippen molar-refractivity contribution in [3.05, 3.63) is 21.9 Å². The van der Waals surface area contributed by atoms with Crippen molar-refractivity contribution in [3.63, 3.8) is 0 Å². The zero-order valence-corrected chi connectivity index (χ0v) is 25.6. The van der Waals surface area contributed by atoms with E-state index in [-0.39, 0.29) is 28.7 Å². The number of ether oxygens (including phenoxy) is 1. The Morgan fingerprint density at radius 2 is 2.02 bits per heavy atom. The van der Waals surface area contributed by atoms with Crippen LogP contribution in [-0.2, 0) is 11.8 Å². The summed E-state index contributed by atoms with van der Waals surface area (Å²) in [6, 6.07) is 2.45. The number of nitrogens with one attached hydrogen (secondary N) is 1. The van der Waals surface area contributed by atoms with E-state index in [0.29, 0.717) is 55.1 Å². The number of piperazine rings is 1. The summed E-state index contributed by atoms with van der Waals surface area (Å²) in [5.41, 5.74) is 6.46. The second-order valence-corrected chi connectivity index (χ2v) is 14.3. The van der Waals surface area contributed by atoms with E-state index in [4.69, 9.17) is 29.9 Å². The quantitative estimate of drug-likeness (QED) is 0.422. The molecule has 228 valence electrons. The molecule has 3 saturated heterocycles. The van der Waals surface area contributed by atoms with Crippen molar-refractivity contribution < 1.29 is 13.7 Å². The fraction of sp³-hybridized carbons (Fsp3) is 0.655. The molecular weight excluding hydrogens is 571 g/mol. The fourth-order valence-corrected chi connectivity index (χ4v) is 8.65. The molecule has 0 amide bonds. The lowest BCUT2D eigenvalue weighted by Gasteiger charge is -2.39. The molecule has 3 aromatic rings. The third kappa shape index (κ3) is 4.91. The normalized spacial score (nSPS) is 28.4. The van der Waals surface area contributed by atoms with Crippen LogP contribution in [0.25, 0.3) is 11.6 Å². The molecule has 0 unspecified atom stereocenters. The molecule has 3 N–H and O–H groups in total. The van der Waals surface area contributed by atoms with Crippen LogP contribution in [0.2, 0.25) is 0 Å². The highest BCUT2D eigenvalue weighted by Crippen LogP contribution is 2.48. The van der Waals surface area contributed by atoms with Crippen molar-refractivity contribution in [2.75, 3.05) is 50.0 Å². The number of fused-ring (bicyclic) bond motifs is 2. The number of thiophene rings is 1. The Balaban J connectivity index is 1.24. The summed E-state index contributed by atoms with van der Waals surface area (Å²) in [5, 5.41) is 18.2. The number of nitrogens with zero attached hydrogens (tertiary/aromatic N) is 8. The van der Waals surface area contributed by atoms with Gasteiger partial charge in [-0.3, -0.25) is 4.90 Å². The van der Waals surface area contributed by atoms with Gasteiger partial charge in [-0.2, -0.15) is 25.2 Å². The van der Waals surface area contributed by atoms with Gasteiger partial charge in [0.2, 0.25) is 23.5 Å². The van der Waals surface area contributed by atoms with Crippen molar-refractivity contribution in [1.82, 2.24) is 35.3 Å². The van der Waals surface area contributed by atoms with Crippen LogP contribution in [0.4, 0.5) is 15.3 Å². The predicted octanol–water partition coefficient (Wildman–Crippen LogP) is 3.22. The minimum Gasteiger partial charge on any atom is -0.461 e. The van der Waals surface area contributed by atoms with Gasteiger partial charge in [0.15, 0.2) is 0 Å². The van der Waals surface area contributed by atoms with Crippen LogP contribution in [0.5, 0.6) is 6.01 Å². The smallest absolute Gasteiger partial charge is 0.321 e. The lowest BCUT2D eigenvalue weighted by atomic mass is 9.72. The average Bonchev–Trinajstić information content (AvgIpc) is 3.74. The van der Waals surface area contributed by atoms with Gasteiger partial charge in [0.25, 0.3) is 0 Å². The van der Waals surface area contributed by atoms with Crippen LogP contribution in [0.15, 0.2) is 4.52 Å². The number of hydrogen-bond acceptors (Lipinski definition) is 13. The Morgan fingerprint density at radius 1 is 1.16 bits per heavy atom. The minimum absolute atomic E-state index is 0.136. The molecule has 43 heavy (non-hydrogen) atoms. The molecule has 7 rings (SSSR count). The maximum atomic E-state index is 14.4. The summed E-state index contributed by atoms with van der Waals surface area (Å²) in [7, 11) is 0. The standard InChI is InChI=1S/C29H37FN10O2S/c1-27(2)15-39(11-9-33-27)25-35-22(36-26(37-25)41-16-29-8-5-10-40(29)14-17(30)12-29)23-34-24(42-38-23)28(3)7-4-6-19-20(28)18(13-31)21(32)43-19/h17,33H,4-12,14-16,32H2,1-3H3/t17-,28+,29+/m1/s1. The maximum absolute atomic E-state index is 14.4. The van der Waals surface area contributed by atoms with Crippen LogP contribution < -0.4 is 20.7 Å². The van der Waals surface area contributed by atoms with Crippen molar-refractivity contribution in [2.24, 2.45) is 0 Å².